The Hall–Kier alpha value is -3.29. The van der Waals surface area contributed by atoms with Gasteiger partial charge in [0.25, 0.3) is 11.9 Å². The van der Waals surface area contributed by atoms with Gasteiger partial charge in [-0.2, -0.15) is 13.2 Å². The number of carboxylic acids is 1. The average molecular weight is 437 g/mol. The number of amides is 1. The van der Waals surface area contributed by atoms with Crippen LogP contribution in [0.4, 0.5) is 13.2 Å². The van der Waals surface area contributed by atoms with Gasteiger partial charge in [-0.05, 0) is 44.0 Å². The Bertz CT molecular complexity index is 952. The molecule has 1 aliphatic carbocycles. The molecular formula is C23H26F3NO4. The predicted molar refractivity (Wildman–Crippen MR) is 112 cm³/mol. The lowest BCUT2D eigenvalue weighted by Gasteiger charge is -2.11. The molecule has 3 rings (SSSR count). The summed E-state index contributed by atoms with van der Waals surface area (Å²) in [5, 5.41) is 10.1. The Balaban J connectivity index is 0.000000720. The second-order valence-corrected chi connectivity index (χ2v) is 6.37. The summed E-state index contributed by atoms with van der Waals surface area (Å²) in [6.07, 6.45) is 1.04. The normalized spacial score (nSPS) is 12.9. The largest absolute Gasteiger partial charge is 0.481 e. The molecule has 0 radical (unpaired) electrons. The van der Waals surface area contributed by atoms with Gasteiger partial charge in [0.05, 0.1) is 5.56 Å². The van der Waals surface area contributed by atoms with Crippen molar-refractivity contribution in [2.75, 3.05) is 0 Å². The molecule has 168 valence electrons. The molecule has 1 heterocycles. The van der Waals surface area contributed by atoms with E-state index < -0.39 is 23.6 Å². The van der Waals surface area contributed by atoms with Crippen LogP contribution in [-0.2, 0) is 11.0 Å². The quantitative estimate of drug-likeness (QED) is 0.579. The molecule has 0 aliphatic heterocycles. The van der Waals surface area contributed by atoms with Gasteiger partial charge in [-0.15, -0.1) is 0 Å². The third-order valence-corrected chi connectivity index (χ3v) is 3.89. The average Bonchev–Trinajstić information content (AvgIpc) is 3.19. The van der Waals surface area contributed by atoms with Gasteiger partial charge in [-0.25, -0.2) is 0 Å². The number of nitrogens with one attached hydrogen (secondary N) is 1. The number of allylic oxidation sites excluding steroid dienone is 3. The molecule has 2 N–H and O–H groups in total. The lowest BCUT2D eigenvalue weighted by molar-refractivity contribution is -0.137. The fourth-order valence-corrected chi connectivity index (χ4v) is 2.68. The standard InChI is InChI=1S/C19H16F3NO2.C2H4O2.C2H6/c1-12-5-4-6-13(11-12)23-18(24)17-10-9-16(25-17)14-7-2-3-8-15(14)19(20,21)22;1-2(3)4;1-2/h2-3,6-11H,4-5H2,1H3,(H,23,24);1H3,(H,3,4);1-2H3. The first kappa shape index (κ1) is 25.7. The molecule has 0 saturated carbocycles. The lowest BCUT2D eigenvalue weighted by Crippen LogP contribution is -2.22. The number of carboxylic acid groups (broad SMARTS) is 1. The van der Waals surface area contributed by atoms with E-state index in [-0.39, 0.29) is 17.1 Å². The molecule has 31 heavy (non-hydrogen) atoms. The second-order valence-electron chi connectivity index (χ2n) is 6.37. The topological polar surface area (TPSA) is 79.5 Å². The molecule has 0 bridgehead atoms. The molecular weight excluding hydrogens is 411 g/mol. The van der Waals surface area contributed by atoms with Crippen LogP contribution in [0.5, 0.6) is 0 Å². The van der Waals surface area contributed by atoms with Crippen LogP contribution in [0.1, 0.15) is 56.7 Å². The number of rotatable bonds is 3. The zero-order valence-corrected chi connectivity index (χ0v) is 17.8. The van der Waals surface area contributed by atoms with Crippen molar-refractivity contribution >= 4 is 11.9 Å². The summed E-state index contributed by atoms with van der Waals surface area (Å²) in [4.78, 5) is 21.2. The highest BCUT2D eigenvalue weighted by Gasteiger charge is 2.34. The van der Waals surface area contributed by atoms with E-state index in [0.717, 1.165) is 31.4 Å². The molecule has 0 unspecified atom stereocenters. The van der Waals surface area contributed by atoms with Crippen molar-refractivity contribution in [3.05, 3.63) is 71.1 Å². The molecule has 0 fully saturated rings. The number of hydrogen-bond donors (Lipinski definition) is 2. The Morgan fingerprint density at radius 3 is 2.29 bits per heavy atom. The summed E-state index contributed by atoms with van der Waals surface area (Å²) in [5.41, 5.74) is 0.922. The van der Waals surface area contributed by atoms with Crippen LogP contribution in [0.2, 0.25) is 0 Å². The zero-order chi connectivity index (χ0) is 23.6. The van der Waals surface area contributed by atoms with Crippen LogP contribution < -0.4 is 5.32 Å². The minimum atomic E-state index is -4.50. The van der Waals surface area contributed by atoms with Gasteiger partial charge in [-0.1, -0.05) is 43.7 Å². The predicted octanol–water partition coefficient (Wildman–Crippen LogP) is 6.44. The second kappa shape index (κ2) is 11.8. The summed E-state index contributed by atoms with van der Waals surface area (Å²) >= 11 is 0. The number of aliphatic carboxylic acids is 1. The maximum atomic E-state index is 13.1. The Labute approximate surface area is 179 Å². The van der Waals surface area contributed by atoms with Gasteiger partial charge in [0, 0.05) is 18.2 Å². The Kier molecular flexibility index (Phi) is 9.79. The Morgan fingerprint density at radius 1 is 1.10 bits per heavy atom. The molecule has 1 aromatic carbocycles. The van der Waals surface area contributed by atoms with Crippen molar-refractivity contribution in [2.24, 2.45) is 0 Å². The lowest BCUT2D eigenvalue weighted by atomic mass is 10.0. The van der Waals surface area contributed by atoms with Crippen molar-refractivity contribution in [1.29, 1.82) is 0 Å². The molecule has 5 nitrogen and oxygen atoms in total. The zero-order valence-electron chi connectivity index (χ0n) is 17.8. The van der Waals surface area contributed by atoms with E-state index in [1.54, 1.807) is 0 Å². The van der Waals surface area contributed by atoms with Gasteiger partial charge >= 0.3 is 6.18 Å². The van der Waals surface area contributed by atoms with E-state index in [4.69, 9.17) is 14.3 Å². The van der Waals surface area contributed by atoms with Crippen LogP contribution in [0.3, 0.4) is 0 Å². The summed E-state index contributed by atoms with van der Waals surface area (Å²) in [6, 6.07) is 7.85. The van der Waals surface area contributed by atoms with E-state index in [0.29, 0.717) is 5.70 Å². The third kappa shape index (κ3) is 8.16. The van der Waals surface area contributed by atoms with Crippen LogP contribution in [0, 0.1) is 0 Å². The fraction of sp³-hybridized carbons (Fsp3) is 0.304. The number of benzene rings is 1. The van der Waals surface area contributed by atoms with Gasteiger partial charge < -0.3 is 14.8 Å². The number of carbonyl (C=O) groups excluding carboxylic acids is 1. The van der Waals surface area contributed by atoms with Crippen molar-refractivity contribution in [3.63, 3.8) is 0 Å². The van der Waals surface area contributed by atoms with Crippen molar-refractivity contribution in [3.8, 4) is 11.3 Å². The highest BCUT2D eigenvalue weighted by atomic mass is 19.4. The van der Waals surface area contributed by atoms with Crippen LogP contribution in [0.25, 0.3) is 11.3 Å². The minimum Gasteiger partial charge on any atom is -0.481 e. The highest BCUT2D eigenvalue weighted by molar-refractivity contribution is 5.93. The number of hydrogen-bond acceptors (Lipinski definition) is 3. The maximum Gasteiger partial charge on any atom is 0.417 e. The molecule has 1 aliphatic rings. The van der Waals surface area contributed by atoms with Gasteiger partial charge in [-0.3, -0.25) is 9.59 Å². The monoisotopic (exact) mass is 437 g/mol. The first-order valence-electron chi connectivity index (χ1n) is 9.72. The minimum absolute atomic E-state index is 0.00224. The first-order chi connectivity index (χ1) is 14.6. The van der Waals surface area contributed by atoms with E-state index in [1.165, 1.54) is 30.3 Å². The summed E-state index contributed by atoms with van der Waals surface area (Å²) in [5.74, 6) is -1.36. The molecule has 0 atom stereocenters. The van der Waals surface area contributed by atoms with Crippen molar-refractivity contribution in [2.45, 2.75) is 46.7 Å². The van der Waals surface area contributed by atoms with Gasteiger partial charge in [0.1, 0.15) is 5.76 Å². The number of halogens is 3. The van der Waals surface area contributed by atoms with Crippen LogP contribution in [0.15, 0.2) is 64.2 Å². The summed E-state index contributed by atoms with van der Waals surface area (Å²) in [7, 11) is 0. The first-order valence-corrected chi connectivity index (χ1v) is 9.72. The van der Waals surface area contributed by atoms with Crippen molar-refractivity contribution in [1.82, 2.24) is 5.32 Å². The molecule has 0 saturated heterocycles. The van der Waals surface area contributed by atoms with E-state index in [2.05, 4.69) is 5.32 Å². The van der Waals surface area contributed by atoms with E-state index in [1.807, 2.05) is 32.9 Å². The van der Waals surface area contributed by atoms with Gasteiger partial charge in [0.2, 0.25) is 0 Å². The Morgan fingerprint density at radius 2 is 1.71 bits per heavy atom. The molecule has 8 heteroatoms. The number of alkyl halides is 3. The maximum absolute atomic E-state index is 13.1. The van der Waals surface area contributed by atoms with Crippen LogP contribution in [-0.4, -0.2) is 17.0 Å². The summed E-state index contributed by atoms with van der Waals surface area (Å²) in [6.45, 7) is 7.05. The van der Waals surface area contributed by atoms with E-state index >= 15 is 0 Å². The summed E-state index contributed by atoms with van der Waals surface area (Å²) < 4.78 is 44.7. The van der Waals surface area contributed by atoms with E-state index in [9.17, 15) is 18.0 Å². The third-order valence-electron chi connectivity index (χ3n) is 3.89. The van der Waals surface area contributed by atoms with Crippen molar-refractivity contribution < 1.29 is 32.3 Å². The van der Waals surface area contributed by atoms with Gasteiger partial charge in [0.15, 0.2) is 5.76 Å². The molecule has 1 amide bonds. The molecule has 0 spiro atoms. The highest BCUT2D eigenvalue weighted by Crippen LogP contribution is 2.37. The van der Waals surface area contributed by atoms with Crippen LogP contribution >= 0.6 is 0 Å². The fourth-order valence-electron chi connectivity index (χ4n) is 2.68. The SMILES string of the molecule is CC.CC(=O)O.CC1=CC(NC(=O)c2ccc(-c3ccccc3C(F)(F)F)o2)=CCC1. The number of furan rings is 1. The molecule has 1 aromatic heterocycles. The number of carbonyl (C=O) groups is 2. The molecule has 2 aromatic rings. The smallest absolute Gasteiger partial charge is 0.417 e.